The molecule has 1 amide bonds. The van der Waals surface area contributed by atoms with E-state index in [0.717, 1.165) is 25.1 Å². The number of carbonyl (C=O) groups excluding carboxylic acids is 1. The van der Waals surface area contributed by atoms with Crippen LogP contribution in [0.5, 0.6) is 11.6 Å². The smallest absolute Gasteiger partial charge is 0.413 e. The Labute approximate surface area is 165 Å². The van der Waals surface area contributed by atoms with Gasteiger partial charge in [0, 0.05) is 26.2 Å². The Morgan fingerprint density at radius 2 is 1.93 bits per heavy atom. The van der Waals surface area contributed by atoms with Crippen LogP contribution in [0.25, 0.3) is 0 Å². The van der Waals surface area contributed by atoms with Gasteiger partial charge in [-0.05, 0) is 62.4 Å². The molecule has 1 aliphatic heterocycles. The van der Waals surface area contributed by atoms with Crippen LogP contribution >= 0.6 is 0 Å². The highest BCUT2D eigenvalue weighted by Gasteiger charge is 2.31. The molecule has 0 unspecified atom stereocenters. The van der Waals surface area contributed by atoms with Gasteiger partial charge >= 0.3 is 6.09 Å². The first kappa shape index (κ1) is 18.8. The van der Waals surface area contributed by atoms with Gasteiger partial charge in [-0.1, -0.05) is 12.1 Å². The van der Waals surface area contributed by atoms with E-state index in [1.807, 2.05) is 0 Å². The van der Waals surface area contributed by atoms with E-state index in [9.17, 15) is 4.79 Å². The van der Waals surface area contributed by atoms with Gasteiger partial charge in [-0.25, -0.2) is 9.48 Å². The number of ether oxygens (including phenoxy) is 2. The summed E-state index contributed by atoms with van der Waals surface area (Å²) in [7, 11) is 1.73. The Bertz CT molecular complexity index is 777. The predicted octanol–water partition coefficient (Wildman–Crippen LogP) is 2.96. The van der Waals surface area contributed by atoms with E-state index in [1.165, 1.54) is 36.2 Å². The van der Waals surface area contributed by atoms with Crippen molar-refractivity contribution in [3.05, 3.63) is 42.1 Å². The van der Waals surface area contributed by atoms with Crippen LogP contribution in [-0.4, -0.2) is 46.5 Å². The number of benzene rings is 1. The van der Waals surface area contributed by atoms with Crippen LogP contribution in [0.2, 0.25) is 0 Å². The van der Waals surface area contributed by atoms with Crippen molar-refractivity contribution >= 4 is 6.09 Å². The fraction of sp³-hybridized carbons (Fsp3) is 0.524. The zero-order chi connectivity index (χ0) is 19.3. The number of nitrogens with zero attached hydrogens (tertiary/aromatic N) is 3. The number of hydrogen-bond acceptors (Lipinski definition) is 5. The van der Waals surface area contributed by atoms with E-state index < -0.39 is 6.09 Å². The molecule has 150 valence electrons. The van der Waals surface area contributed by atoms with Crippen LogP contribution in [-0.2, 0) is 13.6 Å². The van der Waals surface area contributed by atoms with Crippen LogP contribution < -0.4 is 14.8 Å². The fourth-order valence-electron chi connectivity index (χ4n) is 3.82. The standard InChI is InChI=1S/C21H28N4O3/c1-24-20(8-9-23-24)28-21(26)22-14-17-12-19(13-17)27-18-6-4-16(5-7-18)15-25-10-2-3-11-25/h4-9,17,19H,2-3,10-15H2,1H3,(H,22,26). The molecule has 7 heteroatoms. The van der Waals surface area contributed by atoms with Crippen LogP contribution in [0.15, 0.2) is 36.5 Å². The third kappa shape index (κ3) is 4.84. The average molecular weight is 384 g/mol. The number of rotatable bonds is 7. The molecule has 1 saturated carbocycles. The monoisotopic (exact) mass is 384 g/mol. The molecule has 2 aromatic rings. The van der Waals surface area contributed by atoms with E-state index in [2.05, 4.69) is 39.6 Å². The molecule has 0 atom stereocenters. The molecule has 1 aromatic heterocycles. The molecule has 7 nitrogen and oxygen atoms in total. The highest BCUT2D eigenvalue weighted by molar-refractivity contribution is 5.69. The summed E-state index contributed by atoms with van der Waals surface area (Å²) in [5, 5.41) is 6.78. The summed E-state index contributed by atoms with van der Waals surface area (Å²) in [6.45, 7) is 4.06. The number of nitrogens with one attached hydrogen (secondary N) is 1. The molecule has 0 radical (unpaired) electrons. The molecular formula is C21H28N4O3. The molecule has 0 bridgehead atoms. The van der Waals surface area contributed by atoms with Crippen molar-refractivity contribution in [2.24, 2.45) is 13.0 Å². The Balaban J connectivity index is 1.13. The average Bonchev–Trinajstić information content (AvgIpc) is 3.30. The Morgan fingerprint density at radius 1 is 1.18 bits per heavy atom. The lowest BCUT2D eigenvalue weighted by molar-refractivity contribution is 0.0646. The molecule has 2 heterocycles. The summed E-state index contributed by atoms with van der Waals surface area (Å²) in [6, 6.07) is 10.1. The first-order valence-corrected chi connectivity index (χ1v) is 10.1. The summed E-state index contributed by atoms with van der Waals surface area (Å²) < 4.78 is 12.8. The van der Waals surface area contributed by atoms with Gasteiger partial charge < -0.3 is 14.8 Å². The third-order valence-electron chi connectivity index (χ3n) is 5.53. The summed E-state index contributed by atoms with van der Waals surface area (Å²) in [6.07, 6.45) is 5.91. The van der Waals surface area contributed by atoms with Gasteiger partial charge in [0.25, 0.3) is 0 Å². The normalized spacial score (nSPS) is 21.9. The van der Waals surface area contributed by atoms with Crippen molar-refractivity contribution in [1.29, 1.82) is 0 Å². The Kier molecular flexibility index (Phi) is 5.81. The molecule has 1 aliphatic carbocycles. The van der Waals surface area contributed by atoms with Gasteiger partial charge in [-0.2, -0.15) is 5.10 Å². The number of aromatic nitrogens is 2. The summed E-state index contributed by atoms with van der Waals surface area (Å²) >= 11 is 0. The second-order valence-corrected chi connectivity index (χ2v) is 7.77. The summed E-state index contributed by atoms with van der Waals surface area (Å²) in [5.41, 5.74) is 1.34. The zero-order valence-corrected chi connectivity index (χ0v) is 16.3. The maximum absolute atomic E-state index is 11.8. The molecular weight excluding hydrogens is 356 g/mol. The lowest BCUT2D eigenvalue weighted by atomic mass is 9.82. The first-order chi connectivity index (χ1) is 13.7. The molecule has 2 fully saturated rings. The van der Waals surface area contributed by atoms with Crippen molar-refractivity contribution in [2.75, 3.05) is 19.6 Å². The topological polar surface area (TPSA) is 68.6 Å². The minimum atomic E-state index is -0.443. The van der Waals surface area contributed by atoms with Gasteiger partial charge in [0.2, 0.25) is 5.88 Å². The molecule has 0 spiro atoms. The second kappa shape index (κ2) is 8.65. The maximum atomic E-state index is 11.8. The predicted molar refractivity (Wildman–Crippen MR) is 105 cm³/mol. The van der Waals surface area contributed by atoms with E-state index >= 15 is 0 Å². The van der Waals surface area contributed by atoms with E-state index in [-0.39, 0.29) is 6.10 Å². The van der Waals surface area contributed by atoms with Crippen LogP contribution in [0.4, 0.5) is 4.79 Å². The highest BCUT2D eigenvalue weighted by Crippen LogP contribution is 2.31. The molecule has 1 aromatic carbocycles. The SMILES string of the molecule is Cn1nccc1OC(=O)NCC1CC(Oc2ccc(CN3CCCC3)cc2)C1. The maximum Gasteiger partial charge on any atom is 0.413 e. The quantitative estimate of drug-likeness (QED) is 0.795. The first-order valence-electron chi connectivity index (χ1n) is 10.1. The molecule has 2 aliphatic rings. The van der Waals surface area contributed by atoms with Gasteiger partial charge in [0.1, 0.15) is 5.75 Å². The van der Waals surface area contributed by atoms with Crippen LogP contribution in [0.1, 0.15) is 31.2 Å². The van der Waals surface area contributed by atoms with E-state index in [1.54, 1.807) is 19.3 Å². The van der Waals surface area contributed by atoms with Gasteiger partial charge in [-0.3, -0.25) is 4.90 Å². The minimum Gasteiger partial charge on any atom is -0.490 e. The zero-order valence-electron chi connectivity index (χ0n) is 16.3. The minimum absolute atomic E-state index is 0.226. The van der Waals surface area contributed by atoms with Gasteiger partial charge in [-0.15, -0.1) is 0 Å². The summed E-state index contributed by atoms with van der Waals surface area (Å²) in [5.74, 6) is 1.79. The second-order valence-electron chi connectivity index (χ2n) is 7.77. The molecule has 1 saturated heterocycles. The van der Waals surface area contributed by atoms with Crippen molar-refractivity contribution in [3.8, 4) is 11.6 Å². The lowest BCUT2D eigenvalue weighted by Crippen LogP contribution is -2.41. The summed E-state index contributed by atoms with van der Waals surface area (Å²) in [4.78, 5) is 14.3. The Morgan fingerprint density at radius 3 is 2.61 bits per heavy atom. The van der Waals surface area contributed by atoms with Crippen molar-refractivity contribution in [1.82, 2.24) is 20.0 Å². The molecule has 1 N–H and O–H groups in total. The van der Waals surface area contributed by atoms with E-state index in [0.29, 0.717) is 18.3 Å². The van der Waals surface area contributed by atoms with Gasteiger partial charge in [0.05, 0.1) is 12.3 Å². The molecule has 4 rings (SSSR count). The van der Waals surface area contributed by atoms with E-state index in [4.69, 9.17) is 9.47 Å². The Hall–Kier alpha value is -2.54. The lowest BCUT2D eigenvalue weighted by Gasteiger charge is -2.35. The number of aryl methyl sites for hydroxylation is 1. The third-order valence-corrected chi connectivity index (χ3v) is 5.53. The van der Waals surface area contributed by atoms with Crippen molar-refractivity contribution < 1.29 is 14.3 Å². The van der Waals surface area contributed by atoms with Crippen molar-refractivity contribution in [3.63, 3.8) is 0 Å². The van der Waals surface area contributed by atoms with Crippen LogP contribution in [0, 0.1) is 5.92 Å². The van der Waals surface area contributed by atoms with Gasteiger partial charge in [0.15, 0.2) is 0 Å². The highest BCUT2D eigenvalue weighted by atomic mass is 16.6. The number of amides is 1. The largest absolute Gasteiger partial charge is 0.490 e. The number of carbonyl (C=O) groups is 1. The molecule has 28 heavy (non-hydrogen) atoms. The van der Waals surface area contributed by atoms with Crippen molar-refractivity contribution in [2.45, 2.75) is 38.3 Å². The number of likely N-dealkylation sites (tertiary alicyclic amines) is 1. The fourth-order valence-corrected chi connectivity index (χ4v) is 3.82. The number of hydrogen-bond donors (Lipinski definition) is 1. The van der Waals surface area contributed by atoms with Crippen LogP contribution in [0.3, 0.4) is 0 Å².